The maximum atomic E-state index is 5.83. The third kappa shape index (κ3) is 1.40. The quantitative estimate of drug-likeness (QED) is 0.713. The smallest absolute Gasteiger partial charge is 0.0952 e. The molecular weight excluding hydrogens is 174 g/mol. The van der Waals surface area contributed by atoms with Crippen molar-refractivity contribution in [2.45, 2.75) is 0 Å². The molecule has 0 unspecified atom stereocenters. The van der Waals surface area contributed by atoms with Gasteiger partial charge in [-0.15, -0.1) is 0 Å². The Balaban J connectivity index is 2.58. The molecule has 14 heavy (non-hydrogen) atoms. The fourth-order valence-electron chi connectivity index (χ4n) is 1.31. The fraction of sp³-hybridized carbons (Fsp3) is 0. The van der Waals surface area contributed by atoms with Gasteiger partial charge in [-0.25, -0.2) is 0 Å². The second-order valence-electron chi connectivity index (χ2n) is 3.03. The molecule has 0 atom stereocenters. The first kappa shape index (κ1) is 8.56. The molecule has 70 valence electrons. The van der Waals surface area contributed by atoms with E-state index in [1.54, 1.807) is 12.3 Å². The molecule has 0 aliphatic carbocycles. The highest BCUT2D eigenvalue weighted by Crippen LogP contribution is 2.26. The molecule has 2 aromatic rings. The Morgan fingerprint density at radius 2 is 1.64 bits per heavy atom. The summed E-state index contributed by atoms with van der Waals surface area (Å²) in [5.41, 5.74) is 14.4. The number of hydrogen-bond acceptors (Lipinski definition) is 3. The summed E-state index contributed by atoms with van der Waals surface area (Å²) in [7, 11) is 0. The maximum Gasteiger partial charge on any atom is 0.0952 e. The standard InChI is InChI=1S/C11H11N3/c12-9-6-7-14-11(10(9)13)8-4-2-1-3-5-8/h1-7H,13H2,(H2,12,14). The number of pyridine rings is 1. The summed E-state index contributed by atoms with van der Waals surface area (Å²) >= 11 is 0. The Morgan fingerprint density at radius 1 is 0.929 bits per heavy atom. The van der Waals surface area contributed by atoms with Crippen LogP contribution in [0.15, 0.2) is 42.6 Å². The zero-order valence-electron chi connectivity index (χ0n) is 7.64. The lowest BCUT2D eigenvalue weighted by molar-refractivity contribution is 1.33. The van der Waals surface area contributed by atoms with Gasteiger partial charge in [-0.2, -0.15) is 0 Å². The van der Waals surface area contributed by atoms with Gasteiger partial charge in [0.15, 0.2) is 0 Å². The monoisotopic (exact) mass is 185 g/mol. The highest BCUT2D eigenvalue weighted by Gasteiger charge is 2.04. The van der Waals surface area contributed by atoms with Crippen LogP contribution >= 0.6 is 0 Å². The molecule has 1 aromatic heterocycles. The molecule has 3 nitrogen and oxygen atoms in total. The van der Waals surface area contributed by atoms with E-state index in [0.717, 1.165) is 11.3 Å². The van der Waals surface area contributed by atoms with Crippen molar-refractivity contribution < 1.29 is 0 Å². The van der Waals surface area contributed by atoms with E-state index in [4.69, 9.17) is 11.5 Å². The molecule has 0 radical (unpaired) electrons. The van der Waals surface area contributed by atoms with E-state index >= 15 is 0 Å². The maximum absolute atomic E-state index is 5.83. The summed E-state index contributed by atoms with van der Waals surface area (Å²) in [5, 5.41) is 0. The molecule has 4 N–H and O–H groups in total. The number of aromatic nitrogens is 1. The van der Waals surface area contributed by atoms with Crippen molar-refractivity contribution in [3.63, 3.8) is 0 Å². The number of anilines is 2. The Bertz CT molecular complexity index is 438. The Kier molecular flexibility index (Phi) is 2.07. The van der Waals surface area contributed by atoms with Crippen LogP contribution in [0.2, 0.25) is 0 Å². The lowest BCUT2D eigenvalue weighted by atomic mass is 10.1. The average molecular weight is 185 g/mol. The first-order chi connectivity index (χ1) is 6.79. The molecule has 0 fully saturated rings. The summed E-state index contributed by atoms with van der Waals surface area (Å²) in [4.78, 5) is 4.20. The summed E-state index contributed by atoms with van der Waals surface area (Å²) in [5.74, 6) is 0. The van der Waals surface area contributed by atoms with Crippen LogP contribution in [0.1, 0.15) is 0 Å². The second kappa shape index (κ2) is 3.38. The van der Waals surface area contributed by atoms with E-state index in [-0.39, 0.29) is 0 Å². The molecule has 1 aromatic carbocycles. The van der Waals surface area contributed by atoms with Crippen LogP contribution in [0.25, 0.3) is 11.3 Å². The van der Waals surface area contributed by atoms with Gasteiger partial charge < -0.3 is 11.5 Å². The van der Waals surface area contributed by atoms with Gasteiger partial charge in [-0.05, 0) is 6.07 Å². The number of nitrogens with two attached hydrogens (primary N) is 2. The molecule has 1 heterocycles. The van der Waals surface area contributed by atoms with Gasteiger partial charge in [-0.1, -0.05) is 30.3 Å². The van der Waals surface area contributed by atoms with Crippen LogP contribution in [0.4, 0.5) is 11.4 Å². The van der Waals surface area contributed by atoms with Crippen molar-refractivity contribution in [1.82, 2.24) is 4.98 Å². The van der Waals surface area contributed by atoms with Gasteiger partial charge in [-0.3, -0.25) is 4.98 Å². The predicted octanol–water partition coefficient (Wildman–Crippen LogP) is 1.91. The van der Waals surface area contributed by atoms with E-state index in [9.17, 15) is 0 Å². The van der Waals surface area contributed by atoms with Crippen molar-refractivity contribution in [3.8, 4) is 11.3 Å². The van der Waals surface area contributed by atoms with Crippen molar-refractivity contribution >= 4 is 11.4 Å². The molecule has 0 saturated heterocycles. The van der Waals surface area contributed by atoms with Crippen molar-refractivity contribution in [2.75, 3.05) is 11.5 Å². The van der Waals surface area contributed by atoms with Gasteiger partial charge >= 0.3 is 0 Å². The number of nitrogen functional groups attached to an aromatic ring is 2. The molecular formula is C11H11N3. The van der Waals surface area contributed by atoms with E-state index in [1.165, 1.54) is 0 Å². The topological polar surface area (TPSA) is 64.9 Å². The molecule has 0 bridgehead atoms. The van der Waals surface area contributed by atoms with E-state index in [0.29, 0.717) is 11.4 Å². The van der Waals surface area contributed by atoms with Crippen molar-refractivity contribution in [3.05, 3.63) is 42.6 Å². The van der Waals surface area contributed by atoms with Crippen LogP contribution in [0.3, 0.4) is 0 Å². The van der Waals surface area contributed by atoms with Gasteiger partial charge in [0, 0.05) is 11.8 Å². The van der Waals surface area contributed by atoms with Gasteiger partial charge in [0.1, 0.15) is 0 Å². The predicted molar refractivity (Wildman–Crippen MR) is 58.5 cm³/mol. The third-order valence-corrected chi connectivity index (χ3v) is 2.07. The first-order valence-electron chi connectivity index (χ1n) is 4.34. The zero-order chi connectivity index (χ0) is 9.97. The Hall–Kier alpha value is -2.03. The Morgan fingerprint density at radius 3 is 2.36 bits per heavy atom. The summed E-state index contributed by atoms with van der Waals surface area (Å²) in [6.45, 7) is 0. The number of nitrogens with zero attached hydrogens (tertiary/aromatic N) is 1. The van der Waals surface area contributed by atoms with Crippen LogP contribution in [-0.2, 0) is 0 Å². The molecule has 2 rings (SSSR count). The normalized spacial score (nSPS) is 10.0. The highest BCUT2D eigenvalue weighted by molar-refractivity contribution is 5.80. The third-order valence-electron chi connectivity index (χ3n) is 2.07. The summed E-state index contributed by atoms with van der Waals surface area (Å²) < 4.78 is 0. The van der Waals surface area contributed by atoms with Crippen LogP contribution < -0.4 is 11.5 Å². The average Bonchev–Trinajstić information content (AvgIpc) is 2.23. The first-order valence-corrected chi connectivity index (χ1v) is 4.34. The summed E-state index contributed by atoms with van der Waals surface area (Å²) in [6, 6.07) is 11.4. The largest absolute Gasteiger partial charge is 0.397 e. The second-order valence-corrected chi connectivity index (χ2v) is 3.03. The lowest BCUT2D eigenvalue weighted by Crippen LogP contribution is -1.98. The van der Waals surface area contributed by atoms with Gasteiger partial charge in [0.2, 0.25) is 0 Å². The van der Waals surface area contributed by atoms with Crippen molar-refractivity contribution in [1.29, 1.82) is 0 Å². The number of hydrogen-bond donors (Lipinski definition) is 2. The molecule has 0 saturated carbocycles. The molecule has 0 aliphatic heterocycles. The van der Waals surface area contributed by atoms with E-state index in [1.807, 2.05) is 30.3 Å². The van der Waals surface area contributed by atoms with Crippen LogP contribution in [0, 0.1) is 0 Å². The fourth-order valence-corrected chi connectivity index (χ4v) is 1.31. The van der Waals surface area contributed by atoms with Gasteiger partial charge in [0.05, 0.1) is 17.1 Å². The van der Waals surface area contributed by atoms with E-state index < -0.39 is 0 Å². The number of benzene rings is 1. The minimum absolute atomic E-state index is 0.540. The molecule has 0 amide bonds. The van der Waals surface area contributed by atoms with E-state index in [2.05, 4.69) is 4.98 Å². The highest BCUT2D eigenvalue weighted by atomic mass is 14.8. The number of rotatable bonds is 1. The lowest BCUT2D eigenvalue weighted by Gasteiger charge is -2.06. The van der Waals surface area contributed by atoms with Gasteiger partial charge in [0.25, 0.3) is 0 Å². The zero-order valence-corrected chi connectivity index (χ0v) is 7.64. The van der Waals surface area contributed by atoms with Crippen LogP contribution in [0.5, 0.6) is 0 Å². The van der Waals surface area contributed by atoms with Crippen LogP contribution in [-0.4, -0.2) is 4.98 Å². The van der Waals surface area contributed by atoms with Crippen molar-refractivity contribution in [2.24, 2.45) is 0 Å². The minimum Gasteiger partial charge on any atom is -0.397 e. The SMILES string of the molecule is Nc1ccnc(-c2ccccc2)c1N. The Labute approximate surface area is 82.4 Å². The molecule has 0 aliphatic rings. The summed E-state index contributed by atoms with van der Waals surface area (Å²) in [6.07, 6.45) is 1.66. The molecule has 3 heteroatoms. The molecule has 0 spiro atoms. The minimum atomic E-state index is 0.540.